The van der Waals surface area contributed by atoms with Crippen LogP contribution in [-0.2, 0) is 13.6 Å². The maximum atomic E-state index is 6.09. The number of hydrogen-bond acceptors (Lipinski definition) is 3. The Bertz CT molecular complexity index is 578. The van der Waals surface area contributed by atoms with Crippen molar-refractivity contribution in [2.75, 3.05) is 53.4 Å². The van der Waals surface area contributed by atoms with E-state index in [0.29, 0.717) is 16.7 Å². The number of nitrogens with zero attached hydrogens (tertiary/aromatic N) is 4. The van der Waals surface area contributed by atoms with Crippen LogP contribution in [-0.4, -0.2) is 73.7 Å². The van der Waals surface area contributed by atoms with Crippen LogP contribution in [0.25, 0.3) is 0 Å². The Morgan fingerprint density at radius 3 is 2.58 bits per heavy atom. The van der Waals surface area contributed by atoms with Gasteiger partial charge in [0, 0.05) is 39.4 Å². The molecule has 0 bridgehead atoms. The van der Waals surface area contributed by atoms with E-state index < -0.39 is 0 Å². The minimum absolute atomic E-state index is 0. The summed E-state index contributed by atoms with van der Waals surface area (Å²) in [6.07, 6.45) is 2.36. The van der Waals surface area contributed by atoms with E-state index in [2.05, 4.69) is 32.5 Å². The van der Waals surface area contributed by atoms with Gasteiger partial charge in [0.25, 0.3) is 0 Å². The van der Waals surface area contributed by atoms with Gasteiger partial charge < -0.3 is 25.0 Å². The average Bonchev–Trinajstić information content (AvgIpc) is 2.76. The summed E-state index contributed by atoms with van der Waals surface area (Å²) in [6, 6.07) is 1.88. The molecule has 0 saturated carbocycles. The second-order valence-electron chi connectivity index (χ2n) is 6.54. The van der Waals surface area contributed by atoms with Crippen LogP contribution in [0.1, 0.15) is 18.5 Å². The Morgan fingerprint density at radius 2 is 1.92 bits per heavy atom. The Balaban J connectivity index is 0.00000338. The van der Waals surface area contributed by atoms with Crippen LogP contribution in [0, 0.1) is 0 Å². The number of guanidine groups is 1. The highest BCUT2D eigenvalue weighted by molar-refractivity contribution is 14.0. The highest BCUT2D eigenvalue weighted by atomic mass is 127. The second kappa shape index (κ2) is 12.3. The fraction of sp³-hybridized carbons (Fsp3) is 0.706. The van der Waals surface area contributed by atoms with E-state index in [0.717, 1.165) is 31.2 Å². The van der Waals surface area contributed by atoms with E-state index in [-0.39, 0.29) is 24.0 Å². The molecule has 1 aliphatic rings. The van der Waals surface area contributed by atoms with Crippen LogP contribution in [0.4, 0.5) is 0 Å². The van der Waals surface area contributed by atoms with Gasteiger partial charge in [-0.25, -0.2) is 0 Å². The van der Waals surface area contributed by atoms with Gasteiger partial charge in [-0.05, 0) is 45.6 Å². The summed E-state index contributed by atoms with van der Waals surface area (Å²) in [7, 11) is 5.89. The van der Waals surface area contributed by atoms with Crippen LogP contribution >= 0.6 is 47.2 Å². The summed E-state index contributed by atoms with van der Waals surface area (Å²) in [5.41, 5.74) is 1.02. The number of aliphatic imine (C=N–C) groups is 1. The van der Waals surface area contributed by atoms with E-state index in [1.807, 2.05) is 17.7 Å². The lowest BCUT2D eigenvalue weighted by atomic mass is 10.3. The lowest BCUT2D eigenvalue weighted by molar-refractivity contribution is 0.274. The first kappa shape index (κ1) is 23.8. The van der Waals surface area contributed by atoms with Crippen LogP contribution in [0.3, 0.4) is 0 Å². The van der Waals surface area contributed by atoms with Gasteiger partial charge in [0.2, 0.25) is 0 Å². The van der Waals surface area contributed by atoms with Gasteiger partial charge in [-0.2, -0.15) is 0 Å². The third-order valence-electron chi connectivity index (χ3n) is 4.63. The molecular weight excluding hydrogens is 486 g/mol. The largest absolute Gasteiger partial charge is 0.356 e. The number of aromatic nitrogens is 1. The van der Waals surface area contributed by atoms with Gasteiger partial charge in [-0.3, -0.25) is 4.99 Å². The molecule has 0 aliphatic carbocycles. The van der Waals surface area contributed by atoms with Crippen LogP contribution in [0.2, 0.25) is 10.2 Å². The molecule has 0 radical (unpaired) electrons. The quantitative estimate of drug-likeness (QED) is 0.264. The predicted octanol–water partition coefficient (Wildman–Crippen LogP) is 2.64. The van der Waals surface area contributed by atoms with Crippen molar-refractivity contribution in [1.82, 2.24) is 25.0 Å². The van der Waals surface area contributed by atoms with Gasteiger partial charge >= 0.3 is 0 Å². The summed E-state index contributed by atoms with van der Waals surface area (Å²) in [5, 5.41) is 7.81. The molecule has 1 aromatic heterocycles. The molecule has 0 amide bonds. The summed E-state index contributed by atoms with van der Waals surface area (Å²) >= 11 is 12.1. The Labute approximate surface area is 184 Å². The number of halogens is 3. The molecule has 0 unspecified atom stereocenters. The Hall–Kier alpha value is -0.220. The first-order valence-electron chi connectivity index (χ1n) is 8.86. The summed E-state index contributed by atoms with van der Waals surface area (Å²) in [6.45, 7) is 7.39. The Kier molecular flexibility index (Phi) is 11.2. The molecule has 2 rings (SSSR count). The molecule has 1 aliphatic heterocycles. The molecule has 1 fully saturated rings. The van der Waals surface area contributed by atoms with E-state index in [1.165, 1.54) is 32.6 Å². The number of rotatable bonds is 6. The number of nitrogens with one attached hydrogen (secondary N) is 2. The second-order valence-corrected chi connectivity index (χ2v) is 7.30. The summed E-state index contributed by atoms with van der Waals surface area (Å²) < 4.78 is 1.88. The monoisotopic (exact) mass is 516 g/mol. The number of likely N-dealkylation sites (N-methyl/N-ethyl adjacent to an activating group) is 1. The first-order chi connectivity index (χ1) is 12.0. The zero-order valence-corrected chi connectivity index (χ0v) is 19.7. The SMILES string of the molecule is CN=C(NCCCN1CCCN(C)CC1)NCc1cc(Cl)c(Cl)n1C.I. The molecule has 0 atom stereocenters. The molecule has 2 heterocycles. The van der Waals surface area contributed by atoms with Gasteiger partial charge in [0.15, 0.2) is 5.96 Å². The van der Waals surface area contributed by atoms with Crippen molar-refractivity contribution in [3.63, 3.8) is 0 Å². The standard InChI is InChI=1S/C17H30Cl2N6.HI/c1-20-17(22-13-14-12-15(18)16(19)24(14)3)21-6-4-8-25-9-5-7-23(2)10-11-25;/h12H,4-11,13H2,1-3H3,(H2,20,21,22);1H. The van der Waals surface area contributed by atoms with Crippen molar-refractivity contribution in [1.29, 1.82) is 0 Å². The molecule has 1 saturated heterocycles. The normalized spacial score (nSPS) is 16.9. The fourth-order valence-electron chi connectivity index (χ4n) is 2.99. The van der Waals surface area contributed by atoms with Crippen LogP contribution < -0.4 is 10.6 Å². The fourth-order valence-corrected chi connectivity index (χ4v) is 3.40. The topological polar surface area (TPSA) is 47.8 Å². The lowest BCUT2D eigenvalue weighted by Crippen LogP contribution is -2.39. The van der Waals surface area contributed by atoms with Crippen LogP contribution in [0.5, 0.6) is 0 Å². The molecule has 0 aromatic carbocycles. The van der Waals surface area contributed by atoms with E-state index >= 15 is 0 Å². The van der Waals surface area contributed by atoms with Gasteiger partial charge in [0.1, 0.15) is 5.15 Å². The molecule has 2 N–H and O–H groups in total. The van der Waals surface area contributed by atoms with E-state index in [1.54, 1.807) is 7.05 Å². The lowest BCUT2D eigenvalue weighted by Gasteiger charge is -2.20. The zero-order valence-electron chi connectivity index (χ0n) is 15.9. The van der Waals surface area contributed by atoms with Crippen molar-refractivity contribution < 1.29 is 0 Å². The summed E-state index contributed by atoms with van der Waals surface area (Å²) in [5.74, 6) is 0.795. The molecular formula is C17H31Cl2IN6. The predicted molar refractivity (Wildman–Crippen MR) is 122 cm³/mol. The molecule has 150 valence electrons. The summed E-state index contributed by atoms with van der Waals surface area (Å²) in [4.78, 5) is 9.23. The smallest absolute Gasteiger partial charge is 0.191 e. The highest BCUT2D eigenvalue weighted by Gasteiger charge is 2.12. The third kappa shape index (κ3) is 7.42. The molecule has 26 heavy (non-hydrogen) atoms. The van der Waals surface area contributed by atoms with Crippen molar-refractivity contribution in [3.8, 4) is 0 Å². The van der Waals surface area contributed by atoms with E-state index in [9.17, 15) is 0 Å². The van der Waals surface area contributed by atoms with Gasteiger partial charge in [-0.15, -0.1) is 24.0 Å². The van der Waals surface area contributed by atoms with E-state index in [4.69, 9.17) is 23.2 Å². The number of hydrogen-bond donors (Lipinski definition) is 2. The minimum Gasteiger partial charge on any atom is -0.356 e. The van der Waals surface area contributed by atoms with Crippen molar-refractivity contribution in [2.45, 2.75) is 19.4 Å². The molecule has 0 spiro atoms. The van der Waals surface area contributed by atoms with Crippen LogP contribution in [0.15, 0.2) is 11.1 Å². The maximum absolute atomic E-state index is 6.09. The van der Waals surface area contributed by atoms with Crippen molar-refractivity contribution in [2.24, 2.45) is 12.0 Å². The van der Waals surface area contributed by atoms with Crippen molar-refractivity contribution in [3.05, 3.63) is 21.9 Å². The van der Waals surface area contributed by atoms with Gasteiger partial charge in [0.05, 0.1) is 11.6 Å². The maximum Gasteiger partial charge on any atom is 0.191 e. The minimum atomic E-state index is 0. The third-order valence-corrected chi connectivity index (χ3v) is 5.47. The Morgan fingerprint density at radius 1 is 1.15 bits per heavy atom. The average molecular weight is 517 g/mol. The molecule has 1 aromatic rings. The van der Waals surface area contributed by atoms with Gasteiger partial charge in [-0.1, -0.05) is 23.2 Å². The highest BCUT2D eigenvalue weighted by Crippen LogP contribution is 2.24. The first-order valence-corrected chi connectivity index (χ1v) is 9.62. The zero-order chi connectivity index (χ0) is 18.2. The van der Waals surface area contributed by atoms with Crippen molar-refractivity contribution >= 4 is 53.1 Å². The molecule has 6 nitrogen and oxygen atoms in total. The molecule has 9 heteroatoms.